The maximum Gasteiger partial charge on any atom is 0.296 e. The molecule has 5 aromatic rings. The second-order valence-corrected chi connectivity index (χ2v) is 14.3. The van der Waals surface area contributed by atoms with Crippen molar-refractivity contribution < 1.29 is 44.0 Å². The van der Waals surface area contributed by atoms with Crippen LogP contribution >= 0.6 is 11.6 Å². The fraction of sp³-hybridized carbons (Fsp3) is 0.0385. The molecule has 0 fully saturated rings. The van der Waals surface area contributed by atoms with Gasteiger partial charge in [0.15, 0.2) is 0 Å². The van der Waals surface area contributed by atoms with Crippen LogP contribution in [0.5, 0.6) is 5.75 Å². The number of nitrogens with zero attached hydrogens (tertiary/aromatic N) is 6. The van der Waals surface area contributed by atoms with Gasteiger partial charge < -0.3 is 21.1 Å². The number of rotatable bonds is 9. The molecule has 0 aliphatic rings. The molecule has 1 aromatic heterocycles. The number of phenolic OH excluding ortho intramolecular Hbond substituents is 1. The number of benzene rings is 4. The van der Waals surface area contributed by atoms with Crippen LogP contribution in [0, 0.1) is 0 Å². The molecule has 0 saturated carbocycles. The summed E-state index contributed by atoms with van der Waals surface area (Å²) in [6, 6.07) is 14.4. The van der Waals surface area contributed by atoms with Crippen LogP contribution in [-0.2, 0) is 30.4 Å². The standard InChI is InChI=1S/C26H21ClN8O10S3/c1-35(15-5-3-2-4-6-15)26-31-24(27)30-25(32-26)29-14-7-8-17(19(11-14)47(40,41)42)33-34-23-21-13(10-20(22(23)28)48(43,44)45)9-16(12-18(21)36)46(37,38)39/h2-12,36H,28H2,1H3,(H,37,38,39)(H,40,41,42)(H,43,44,45)(H,29,30,31,32). The van der Waals surface area contributed by atoms with Crippen LogP contribution in [0.3, 0.4) is 0 Å². The Morgan fingerprint density at radius 2 is 1.48 bits per heavy atom. The van der Waals surface area contributed by atoms with Gasteiger partial charge >= 0.3 is 0 Å². The molecule has 7 N–H and O–H groups in total. The molecule has 0 radical (unpaired) electrons. The first kappa shape index (κ1) is 34.3. The Bertz CT molecular complexity index is 2470. The van der Waals surface area contributed by atoms with E-state index < -0.39 is 67.9 Å². The zero-order valence-corrected chi connectivity index (χ0v) is 27.2. The Labute approximate surface area is 276 Å². The number of aromatic nitrogens is 3. The lowest BCUT2D eigenvalue weighted by atomic mass is 10.1. The van der Waals surface area contributed by atoms with E-state index in [2.05, 4.69) is 30.5 Å². The molecule has 22 heteroatoms. The monoisotopic (exact) mass is 736 g/mol. The van der Waals surface area contributed by atoms with Crippen molar-refractivity contribution in [3.8, 4) is 5.75 Å². The number of aromatic hydroxyl groups is 1. The number of halogens is 1. The molecular weight excluding hydrogens is 716 g/mol. The summed E-state index contributed by atoms with van der Waals surface area (Å²) in [5, 5.41) is 20.0. The van der Waals surface area contributed by atoms with Crippen molar-refractivity contribution in [3.63, 3.8) is 0 Å². The number of anilines is 5. The molecule has 0 amide bonds. The average Bonchev–Trinajstić information content (AvgIpc) is 2.99. The SMILES string of the molecule is CN(c1ccccc1)c1nc(Cl)nc(Nc2ccc(N=Nc3c(N)c(S(=O)(=O)O)cc4cc(S(=O)(=O)O)cc(O)c34)c(S(=O)(=O)O)c2)n1. The molecule has 0 aliphatic carbocycles. The second kappa shape index (κ2) is 12.5. The molecule has 5 rings (SSSR count). The minimum Gasteiger partial charge on any atom is -0.507 e. The van der Waals surface area contributed by atoms with E-state index in [0.29, 0.717) is 12.1 Å². The molecule has 0 aliphatic heterocycles. The summed E-state index contributed by atoms with van der Waals surface area (Å²) in [5.41, 5.74) is 4.75. The summed E-state index contributed by atoms with van der Waals surface area (Å²) in [6.45, 7) is 0. The van der Waals surface area contributed by atoms with Gasteiger partial charge in [0.1, 0.15) is 26.9 Å². The van der Waals surface area contributed by atoms with E-state index in [9.17, 15) is 44.0 Å². The van der Waals surface area contributed by atoms with E-state index >= 15 is 0 Å². The predicted octanol–water partition coefficient (Wildman–Crippen LogP) is 4.63. The number of nitrogens with two attached hydrogens (primary N) is 1. The molecule has 250 valence electrons. The molecule has 4 aromatic carbocycles. The first-order chi connectivity index (χ1) is 22.3. The van der Waals surface area contributed by atoms with Gasteiger partial charge in [-0.1, -0.05) is 18.2 Å². The summed E-state index contributed by atoms with van der Waals surface area (Å²) in [4.78, 5) is 11.3. The minimum absolute atomic E-state index is 0.0193. The topological polar surface area (TPSA) is 288 Å². The summed E-state index contributed by atoms with van der Waals surface area (Å²) in [7, 11) is -13.3. The van der Waals surface area contributed by atoms with Crippen molar-refractivity contribution in [2.75, 3.05) is 23.0 Å². The van der Waals surface area contributed by atoms with Crippen molar-refractivity contribution >= 4 is 93.1 Å². The van der Waals surface area contributed by atoms with Crippen LogP contribution in [-0.4, -0.2) is 66.0 Å². The Morgan fingerprint density at radius 3 is 2.10 bits per heavy atom. The lowest BCUT2D eigenvalue weighted by Crippen LogP contribution is -2.14. The zero-order valence-electron chi connectivity index (χ0n) is 24.0. The van der Waals surface area contributed by atoms with Crippen molar-refractivity contribution in [3.05, 3.63) is 72.0 Å². The van der Waals surface area contributed by atoms with Crippen molar-refractivity contribution in [1.82, 2.24) is 15.0 Å². The minimum atomic E-state index is -5.08. The Hall–Kier alpha value is -5.03. The number of azo groups is 1. The van der Waals surface area contributed by atoms with E-state index in [1.807, 2.05) is 6.07 Å². The van der Waals surface area contributed by atoms with Crippen molar-refractivity contribution in [2.45, 2.75) is 14.7 Å². The zero-order chi connectivity index (χ0) is 35.2. The summed E-state index contributed by atoms with van der Waals surface area (Å²) < 4.78 is 101. The lowest BCUT2D eigenvalue weighted by Gasteiger charge is -2.17. The van der Waals surface area contributed by atoms with E-state index in [1.54, 1.807) is 36.2 Å². The Kier molecular flexibility index (Phi) is 8.96. The highest BCUT2D eigenvalue weighted by molar-refractivity contribution is 7.86. The van der Waals surface area contributed by atoms with Crippen LogP contribution < -0.4 is 16.0 Å². The number of phenols is 1. The molecule has 0 atom stereocenters. The predicted molar refractivity (Wildman–Crippen MR) is 173 cm³/mol. The van der Waals surface area contributed by atoms with Gasteiger partial charge in [-0.05, 0) is 59.5 Å². The fourth-order valence-corrected chi connectivity index (χ4v) is 6.35. The van der Waals surface area contributed by atoms with Crippen LogP contribution in [0.15, 0.2) is 91.6 Å². The smallest absolute Gasteiger partial charge is 0.296 e. The van der Waals surface area contributed by atoms with Gasteiger partial charge in [-0.15, -0.1) is 10.2 Å². The number of hydrogen-bond donors (Lipinski definition) is 6. The Morgan fingerprint density at radius 1 is 0.812 bits per heavy atom. The second-order valence-electron chi connectivity index (χ2n) is 9.73. The Balaban J connectivity index is 1.59. The highest BCUT2D eigenvalue weighted by atomic mass is 35.5. The van der Waals surface area contributed by atoms with Crippen LogP contribution in [0.1, 0.15) is 0 Å². The van der Waals surface area contributed by atoms with Gasteiger partial charge in [0.25, 0.3) is 30.4 Å². The molecule has 0 spiro atoms. The van der Waals surface area contributed by atoms with Gasteiger partial charge in [0.2, 0.25) is 17.2 Å². The maximum atomic E-state index is 12.4. The van der Waals surface area contributed by atoms with Gasteiger partial charge in [0, 0.05) is 24.5 Å². The first-order valence-corrected chi connectivity index (χ1v) is 17.6. The molecule has 48 heavy (non-hydrogen) atoms. The van der Waals surface area contributed by atoms with E-state index in [1.165, 1.54) is 6.07 Å². The average molecular weight is 737 g/mol. The third-order valence-corrected chi connectivity index (χ3v) is 9.31. The van der Waals surface area contributed by atoms with Gasteiger partial charge in [-0.25, -0.2) is 0 Å². The van der Waals surface area contributed by atoms with Crippen LogP contribution in [0.25, 0.3) is 10.8 Å². The molecular formula is C26H21ClN8O10S3. The van der Waals surface area contributed by atoms with Gasteiger partial charge in [-0.3, -0.25) is 13.7 Å². The quantitative estimate of drug-likeness (QED) is 0.0682. The summed E-state index contributed by atoms with van der Waals surface area (Å²) in [6.07, 6.45) is 0. The highest BCUT2D eigenvalue weighted by Crippen LogP contribution is 2.44. The summed E-state index contributed by atoms with van der Waals surface area (Å²) in [5.74, 6) is -0.831. The first-order valence-electron chi connectivity index (χ1n) is 12.9. The highest BCUT2D eigenvalue weighted by Gasteiger charge is 2.25. The van der Waals surface area contributed by atoms with Crippen LogP contribution in [0.4, 0.5) is 40.3 Å². The number of hydrogen-bond acceptors (Lipinski definition) is 15. The molecule has 1 heterocycles. The van der Waals surface area contributed by atoms with Gasteiger partial charge in [0.05, 0.1) is 16.0 Å². The van der Waals surface area contributed by atoms with E-state index in [-0.39, 0.29) is 33.6 Å². The van der Waals surface area contributed by atoms with Gasteiger partial charge in [-0.2, -0.15) is 40.2 Å². The molecule has 0 saturated heterocycles. The molecule has 0 bridgehead atoms. The number of fused-ring (bicyclic) bond motifs is 1. The number of para-hydroxylation sites is 1. The largest absolute Gasteiger partial charge is 0.507 e. The maximum absolute atomic E-state index is 12.4. The number of nitrogens with one attached hydrogen (secondary N) is 1. The fourth-order valence-electron chi connectivity index (χ4n) is 4.36. The van der Waals surface area contributed by atoms with Crippen molar-refractivity contribution in [2.24, 2.45) is 10.2 Å². The number of nitrogen functional groups attached to an aromatic ring is 1. The lowest BCUT2D eigenvalue weighted by molar-refractivity contribution is 0.471. The van der Waals surface area contributed by atoms with Crippen LogP contribution in [0.2, 0.25) is 5.28 Å². The normalized spacial score (nSPS) is 12.4. The molecule has 0 unspecified atom stereocenters. The third kappa shape index (κ3) is 7.26. The molecule has 18 nitrogen and oxygen atoms in total. The van der Waals surface area contributed by atoms with Crippen molar-refractivity contribution in [1.29, 1.82) is 0 Å². The third-order valence-electron chi connectivity index (χ3n) is 6.53. The summed E-state index contributed by atoms with van der Waals surface area (Å²) >= 11 is 6.10. The van der Waals surface area contributed by atoms with E-state index in [4.69, 9.17) is 17.3 Å². The van der Waals surface area contributed by atoms with E-state index in [0.717, 1.165) is 23.9 Å².